The number of nitrogens with zero attached hydrogens (tertiary/aromatic N) is 1. The lowest BCUT2D eigenvalue weighted by Crippen LogP contribution is -2.39. The van der Waals surface area contributed by atoms with Crippen LogP contribution in [0.25, 0.3) is 0 Å². The molecule has 0 aromatic rings. The summed E-state index contributed by atoms with van der Waals surface area (Å²) in [5.74, 6) is 2.56. The van der Waals surface area contributed by atoms with Crippen LogP contribution in [0.1, 0.15) is 32.6 Å². The number of rotatable bonds is 4. The first kappa shape index (κ1) is 10.9. The fourth-order valence-electron chi connectivity index (χ4n) is 1.63. The molecule has 0 radical (unpaired) electrons. The second kappa shape index (κ2) is 6.28. The minimum atomic E-state index is 0.415. The highest BCUT2D eigenvalue weighted by molar-refractivity contribution is 7.99. The maximum atomic E-state index is 8.60. The van der Waals surface area contributed by atoms with Crippen molar-refractivity contribution in [2.45, 2.75) is 44.7 Å². The van der Waals surface area contributed by atoms with Gasteiger partial charge in [-0.25, -0.2) is 0 Å². The smallest absolute Gasteiger partial charge is 0.0638 e. The zero-order valence-electron chi connectivity index (χ0n) is 8.25. The van der Waals surface area contributed by atoms with Gasteiger partial charge >= 0.3 is 0 Å². The van der Waals surface area contributed by atoms with E-state index >= 15 is 0 Å². The van der Waals surface area contributed by atoms with Crippen molar-refractivity contribution in [2.24, 2.45) is 0 Å². The van der Waals surface area contributed by atoms with E-state index in [1.165, 1.54) is 24.3 Å². The maximum absolute atomic E-state index is 8.60. The quantitative estimate of drug-likeness (QED) is 0.752. The predicted octanol–water partition coefficient (Wildman–Crippen LogP) is 2.16. The van der Waals surface area contributed by atoms with Gasteiger partial charge in [0, 0.05) is 12.1 Å². The van der Waals surface area contributed by atoms with Gasteiger partial charge in [0.1, 0.15) is 0 Å². The summed E-state index contributed by atoms with van der Waals surface area (Å²) < 4.78 is 0. The average molecular weight is 198 g/mol. The SMILES string of the molecule is CCC(CC#N)NC1CCSCC1. The topological polar surface area (TPSA) is 35.8 Å². The van der Waals surface area contributed by atoms with Gasteiger partial charge in [0.15, 0.2) is 0 Å². The van der Waals surface area contributed by atoms with Crippen molar-refractivity contribution in [2.75, 3.05) is 11.5 Å². The van der Waals surface area contributed by atoms with E-state index in [0.29, 0.717) is 18.5 Å². The lowest BCUT2D eigenvalue weighted by Gasteiger charge is -2.26. The molecular formula is C10H18N2S. The van der Waals surface area contributed by atoms with Crippen molar-refractivity contribution >= 4 is 11.8 Å². The summed E-state index contributed by atoms with van der Waals surface area (Å²) in [6.45, 7) is 2.15. The minimum absolute atomic E-state index is 0.415. The largest absolute Gasteiger partial charge is 0.310 e. The number of hydrogen-bond acceptors (Lipinski definition) is 3. The maximum Gasteiger partial charge on any atom is 0.0638 e. The van der Waals surface area contributed by atoms with E-state index in [2.05, 4.69) is 18.3 Å². The highest BCUT2D eigenvalue weighted by atomic mass is 32.2. The normalized spacial score (nSPS) is 20.9. The summed E-state index contributed by atoms with van der Waals surface area (Å²) in [6.07, 6.45) is 4.26. The van der Waals surface area contributed by atoms with E-state index in [0.717, 1.165) is 6.42 Å². The molecule has 2 nitrogen and oxygen atoms in total. The standard InChI is InChI=1S/C10H18N2S/c1-2-9(3-6-11)12-10-4-7-13-8-5-10/h9-10,12H,2-5,7-8H2,1H3. The Balaban J connectivity index is 2.23. The molecule has 1 rings (SSSR count). The molecule has 1 aliphatic rings. The van der Waals surface area contributed by atoms with Crippen LogP contribution in [0.15, 0.2) is 0 Å². The molecule has 1 aliphatic heterocycles. The number of nitriles is 1. The van der Waals surface area contributed by atoms with Crippen LogP contribution in [0.4, 0.5) is 0 Å². The molecule has 1 heterocycles. The Bertz CT molecular complexity index is 170. The molecule has 0 saturated carbocycles. The van der Waals surface area contributed by atoms with Crippen LogP contribution in [-0.4, -0.2) is 23.6 Å². The molecule has 1 atom stereocenters. The molecule has 74 valence electrons. The molecule has 0 aliphatic carbocycles. The van der Waals surface area contributed by atoms with Gasteiger partial charge in [0.25, 0.3) is 0 Å². The first-order chi connectivity index (χ1) is 6.36. The van der Waals surface area contributed by atoms with Crippen molar-refractivity contribution in [1.82, 2.24) is 5.32 Å². The Hall–Kier alpha value is -0.200. The Morgan fingerprint density at radius 3 is 2.77 bits per heavy atom. The zero-order chi connectivity index (χ0) is 9.52. The van der Waals surface area contributed by atoms with Crippen molar-refractivity contribution < 1.29 is 0 Å². The van der Waals surface area contributed by atoms with E-state index in [-0.39, 0.29) is 0 Å². The summed E-state index contributed by atoms with van der Waals surface area (Å²) >= 11 is 2.04. The van der Waals surface area contributed by atoms with E-state index < -0.39 is 0 Å². The molecule has 0 amide bonds. The fourth-order valence-corrected chi connectivity index (χ4v) is 2.74. The third-order valence-corrected chi connectivity index (χ3v) is 3.57. The first-order valence-corrected chi connectivity index (χ1v) is 6.23. The monoisotopic (exact) mass is 198 g/mol. The average Bonchev–Trinajstić information content (AvgIpc) is 2.19. The van der Waals surface area contributed by atoms with E-state index in [9.17, 15) is 0 Å². The summed E-state index contributed by atoms with van der Waals surface area (Å²) in [4.78, 5) is 0. The van der Waals surface area contributed by atoms with Gasteiger partial charge < -0.3 is 5.32 Å². The van der Waals surface area contributed by atoms with Crippen LogP contribution in [0, 0.1) is 11.3 Å². The molecular weight excluding hydrogens is 180 g/mol. The van der Waals surface area contributed by atoms with Crippen LogP contribution in [-0.2, 0) is 0 Å². The van der Waals surface area contributed by atoms with Gasteiger partial charge in [-0.2, -0.15) is 17.0 Å². The highest BCUT2D eigenvalue weighted by Crippen LogP contribution is 2.17. The zero-order valence-corrected chi connectivity index (χ0v) is 9.07. The van der Waals surface area contributed by atoms with Crippen molar-refractivity contribution in [1.29, 1.82) is 5.26 Å². The molecule has 13 heavy (non-hydrogen) atoms. The molecule has 3 heteroatoms. The fraction of sp³-hybridized carbons (Fsp3) is 0.900. The van der Waals surface area contributed by atoms with Crippen LogP contribution < -0.4 is 5.32 Å². The molecule has 1 N–H and O–H groups in total. The summed E-state index contributed by atoms with van der Waals surface area (Å²) in [7, 11) is 0. The molecule has 0 bridgehead atoms. The van der Waals surface area contributed by atoms with Crippen LogP contribution in [0.5, 0.6) is 0 Å². The third-order valence-electron chi connectivity index (χ3n) is 2.52. The second-order valence-electron chi connectivity index (χ2n) is 3.52. The van der Waals surface area contributed by atoms with Gasteiger partial charge in [-0.1, -0.05) is 6.92 Å². The molecule has 0 aromatic carbocycles. The van der Waals surface area contributed by atoms with Gasteiger partial charge in [0.2, 0.25) is 0 Å². The molecule has 0 spiro atoms. The number of thioether (sulfide) groups is 1. The summed E-state index contributed by atoms with van der Waals surface area (Å²) in [5, 5.41) is 12.2. The van der Waals surface area contributed by atoms with Gasteiger partial charge in [-0.05, 0) is 30.8 Å². The van der Waals surface area contributed by atoms with Crippen molar-refractivity contribution in [3.8, 4) is 6.07 Å². The minimum Gasteiger partial charge on any atom is -0.310 e. The third kappa shape index (κ3) is 4.02. The molecule has 1 fully saturated rings. The van der Waals surface area contributed by atoms with Crippen LogP contribution >= 0.6 is 11.8 Å². The van der Waals surface area contributed by atoms with Crippen LogP contribution in [0.3, 0.4) is 0 Å². The Morgan fingerprint density at radius 1 is 1.54 bits per heavy atom. The molecule has 0 aromatic heterocycles. The Labute approximate surface area is 85.1 Å². The van der Waals surface area contributed by atoms with Crippen molar-refractivity contribution in [3.05, 3.63) is 0 Å². The van der Waals surface area contributed by atoms with Crippen molar-refractivity contribution in [3.63, 3.8) is 0 Å². The van der Waals surface area contributed by atoms with Crippen LogP contribution in [0.2, 0.25) is 0 Å². The predicted molar refractivity (Wildman–Crippen MR) is 57.8 cm³/mol. The van der Waals surface area contributed by atoms with Gasteiger partial charge in [-0.3, -0.25) is 0 Å². The lowest BCUT2D eigenvalue weighted by atomic mass is 10.1. The van der Waals surface area contributed by atoms with E-state index in [4.69, 9.17) is 5.26 Å². The summed E-state index contributed by atoms with van der Waals surface area (Å²) in [6, 6.07) is 3.32. The first-order valence-electron chi connectivity index (χ1n) is 5.07. The van der Waals surface area contributed by atoms with E-state index in [1.807, 2.05) is 11.8 Å². The summed E-state index contributed by atoms with van der Waals surface area (Å²) in [5.41, 5.74) is 0. The lowest BCUT2D eigenvalue weighted by molar-refractivity contribution is 0.401. The second-order valence-corrected chi connectivity index (χ2v) is 4.75. The van der Waals surface area contributed by atoms with Gasteiger partial charge in [0.05, 0.1) is 12.5 Å². The highest BCUT2D eigenvalue weighted by Gasteiger charge is 2.16. The Morgan fingerprint density at radius 2 is 2.23 bits per heavy atom. The molecule has 1 saturated heterocycles. The number of hydrogen-bond donors (Lipinski definition) is 1. The van der Waals surface area contributed by atoms with E-state index in [1.54, 1.807) is 0 Å². The Kier molecular flexibility index (Phi) is 5.26. The molecule has 1 unspecified atom stereocenters. The van der Waals surface area contributed by atoms with Gasteiger partial charge in [-0.15, -0.1) is 0 Å². The number of nitrogens with one attached hydrogen (secondary N) is 1.